The monoisotopic (exact) mass is 384 g/mol. The van der Waals surface area contributed by atoms with Gasteiger partial charge in [-0.2, -0.15) is 0 Å². The Morgan fingerprint density at radius 1 is 1.07 bits per heavy atom. The van der Waals surface area contributed by atoms with Crippen LogP contribution in [-0.4, -0.2) is 23.3 Å². The van der Waals surface area contributed by atoms with Crippen molar-refractivity contribution in [2.75, 3.05) is 17.7 Å². The predicted octanol–water partition coefficient (Wildman–Crippen LogP) is 4.66. The van der Waals surface area contributed by atoms with Crippen LogP contribution in [-0.2, 0) is 5.41 Å². The number of anilines is 2. The lowest BCUT2D eigenvalue weighted by Crippen LogP contribution is -2.48. The van der Waals surface area contributed by atoms with Gasteiger partial charge in [0.25, 0.3) is 0 Å². The van der Waals surface area contributed by atoms with Crippen molar-refractivity contribution < 1.29 is 9.53 Å². The van der Waals surface area contributed by atoms with Gasteiger partial charge in [0, 0.05) is 5.41 Å². The van der Waals surface area contributed by atoms with E-state index >= 15 is 0 Å². The maximum absolute atomic E-state index is 12.4. The van der Waals surface area contributed by atoms with Crippen LogP contribution in [0.25, 0.3) is 0 Å². The molecule has 0 spiro atoms. The highest BCUT2D eigenvalue weighted by molar-refractivity contribution is 7.15. The molecule has 4 bridgehead atoms. The molecule has 0 aliphatic heterocycles. The standard InChI is InChI=1S/C20H24N4O2S/c1-26-16-5-3-2-4-15(16)21-18(25)22-19-24-23-17(27-19)20-9-12-6-13(10-20)8-14(7-12)11-20/h2-5,12-14H,6-11H2,1H3,(H2,21,22,24,25). The number of amides is 2. The van der Waals surface area contributed by atoms with E-state index in [0.29, 0.717) is 16.6 Å². The van der Waals surface area contributed by atoms with E-state index in [2.05, 4.69) is 20.8 Å². The van der Waals surface area contributed by atoms with Gasteiger partial charge in [0.2, 0.25) is 5.13 Å². The fraction of sp³-hybridized carbons (Fsp3) is 0.550. The lowest BCUT2D eigenvalue weighted by molar-refractivity contribution is -0.00555. The Morgan fingerprint density at radius 3 is 2.41 bits per heavy atom. The Hall–Kier alpha value is -2.15. The number of benzene rings is 1. The topological polar surface area (TPSA) is 76.1 Å². The lowest BCUT2D eigenvalue weighted by Gasteiger charge is -2.55. The molecular formula is C20H24N4O2S. The second-order valence-electron chi connectivity index (χ2n) is 8.39. The molecule has 2 amide bonds. The zero-order valence-corrected chi connectivity index (χ0v) is 16.2. The number of carbonyl (C=O) groups excluding carboxylic acids is 1. The maximum Gasteiger partial charge on any atom is 0.325 e. The predicted molar refractivity (Wildman–Crippen MR) is 105 cm³/mol. The van der Waals surface area contributed by atoms with Gasteiger partial charge in [-0.25, -0.2) is 4.79 Å². The molecule has 1 aromatic heterocycles. The molecule has 2 N–H and O–H groups in total. The molecule has 2 aromatic rings. The Kier molecular flexibility index (Phi) is 4.07. The third kappa shape index (κ3) is 3.08. The molecule has 0 unspecified atom stereocenters. The van der Waals surface area contributed by atoms with E-state index < -0.39 is 0 Å². The van der Waals surface area contributed by atoms with Gasteiger partial charge < -0.3 is 10.1 Å². The third-order valence-electron chi connectivity index (χ3n) is 6.49. The van der Waals surface area contributed by atoms with E-state index in [-0.39, 0.29) is 11.4 Å². The van der Waals surface area contributed by atoms with Crippen LogP contribution in [0.15, 0.2) is 24.3 Å². The van der Waals surface area contributed by atoms with Crippen LogP contribution in [0.5, 0.6) is 5.75 Å². The number of carbonyl (C=O) groups is 1. The summed E-state index contributed by atoms with van der Waals surface area (Å²) in [5.41, 5.74) is 0.842. The van der Waals surface area contributed by atoms with E-state index in [9.17, 15) is 4.79 Å². The molecule has 4 saturated carbocycles. The summed E-state index contributed by atoms with van der Waals surface area (Å²) in [7, 11) is 1.58. The van der Waals surface area contributed by atoms with Crippen LogP contribution >= 0.6 is 11.3 Å². The second kappa shape index (κ2) is 6.48. The van der Waals surface area contributed by atoms with Crippen molar-refractivity contribution in [3.63, 3.8) is 0 Å². The molecule has 7 heteroatoms. The number of nitrogens with zero attached hydrogens (tertiary/aromatic N) is 2. The molecule has 0 atom stereocenters. The van der Waals surface area contributed by atoms with Crippen LogP contribution in [0, 0.1) is 17.8 Å². The minimum Gasteiger partial charge on any atom is -0.495 e. The number of hydrogen-bond acceptors (Lipinski definition) is 5. The van der Waals surface area contributed by atoms with E-state index in [0.717, 1.165) is 22.8 Å². The number of nitrogens with one attached hydrogen (secondary N) is 2. The molecule has 142 valence electrons. The molecule has 4 aliphatic carbocycles. The highest BCUT2D eigenvalue weighted by atomic mass is 32.1. The van der Waals surface area contributed by atoms with Crippen molar-refractivity contribution in [3.05, 3.63) is 29.3 Å². The SMILES string of the molecule is COc1ccccc1NC(=O)Nc1nnc(C23CC4CC(CC(C4)C2)C3)s1. The number of urea groups is 1. The molecule has 4 fully saturated rings. The molecule has 1 aromatic carbocycles. The first-order valence-electron chi connectivity index (χ1n) is 9.68. The van der Waals surface area contributed by atoms with Gasteiger partial charge in [-0.3, -0.25) is 5.32 Å². The lowest BCUT2D eigenvalue weighted by atomic mass is 9.50. The van der Waals surface area contributed by atoms with E-state index in [4.69, 9.17) is 4.74 Å². The van der Waals surface area contributed by atoms with Crippen molar-refractivity contribution in [2.24, 2.45) is 17.8 Å². The van der Waals surface area contributed by atoms with Gasteiger partial charge in [0.1, 0.15) is 10.8 Å². The fourth-order valence-electron chi connectivity index (χ4n) is 5.86. The largest absolute Gasteiger partial charge is 0.495 e. The second-order valence-corrected chi connectivity index (χ2v) is 9.37. The summed E-state index contributed by atoms with van der Waals surface area (Å²) in [6.07, 6.45) is 7.97. The highest BCUT2D eigenvalue weighted by Gasteiger charge is 2.53. The van der Waals surface area contributed by atoms with Gasteiger partial charge in [-0.1, -0.05) is 23.5 Å². The summed E-state index contributed by atoms with van der Waals surface area (Å²) in [5.74, 6) is 3.22. The van der Waals surface area contributed by atoms with Crippen molar-refractivity contribution in [1.82, 2.24) is 10.2 Å². The van der Waals surface area contributed by atoms with Crippen LogP contribution in [0.1, 0.15) is 43.5 Å². The number of rotatable bonds is 4. The normalized spacial score (nSPS) is 30.9. The Labute approximate surface area is 162 Å². The van der Waals surface area contributed by atoms with Crippen molar-refractivity contribution in [2.45, 2.75) is 43.9 Å². The molecule has 6 rings (SSSR count). The molecule has 1 heterocycles. The molecule has 4 aliphatic rings. The average molecular weight is 385 g/mol. The Balaban J connectivity index is 1.29. The minimum atomic E-state index is -0.326. The van der Waals surface area contributed by atoms with Gasteiger partial charge in [-0.05, 0) is 68.4 Å². The molecule has 6 nitrogen and oxygen atoms in total. The van der Waals surface area contributed by atoms with Crippen LogP contribution in [0.4, 0.5) is 15.6 Å². The van der Waals surface area contributed by atoms with Crippen molar-refractivity contribution in [1.29, 1.82) is 0 Å². The minimum absolute atomic E-state index is 0.214. The van der Waals surface area contributed by atoms with Crippen molar-refractivity contribution >= 4 is 28.2 Å². The Bertz CT molecular complexity index is 830. The highest BCUT2D eigenvalue weighted by Crippen LogP contribution is 2.61. The molecule has 0 saturated heterocycles. The maximum atomic E-state index is 12.4. The van der Waals surface area contributed by atoms with E-state index in [1.165, 1.54) is 38.5 Å². The fourth-order valence-corrected chi connectivity index (χ4v) is 6.82. The summed E-state index contributed by atoms with van der Waals surface area (Å²) in [6.45, 7) is 0. The molecular weight excluding hydrogens is 360 g/mol. The van der Waals surface area contributed by atoms with Gasteiger partial charge in [-0.15, -0.1) is 10.2 Å². The summed E-state index contributed by atoms with van der Waals surface area (Å²) < 4.78 is 5.27. The van der Waals surface area contributed by atoms with Gasteiger partial charge >= 0.3 is 6.03 Å². The number of ether oxygens (including phenoxy) is 1. The summed E-state index contributed by atoms with van der Waals surface area (Å²) in [5, 5.41) is 16.1. The summed E-state index contributed by atoms with van der Waals surface area (Å²) in [4.78, 5) is 12.4. The number of methoxy groups -OCH3 is 1. The van der Waals surface area contributed by atoms with Crippen molar-refractivity contribution in [3.8, 4) is 5.75 Å². The number of aromatic nitrogens is 2. The third-order valence-corrected chi connectivity index (χ3v) is 7.58. The first-order chi connectivity index (χ1) is 13.1. The van der Waals surface area contributed by atoms with Crippen LogP contribution < -0.4 is 15.4 Å². The first-order valence-corrected chi connectivity index (χ1v) is 10.5. The van der Waals surface area contributed by atoms with Gasteiger partial charge in [0.05, 0.1) is 12.8 Å². The quantitative estimate of drug-likeness (QED) is 0.804. The number of para-hydroxylation sites is 2. The molecule has 27 heavy (non-hydrogen) atoms. The van der Waals surface area contributed by atoms with E-state index in [1.54, 1.807) is 24.5 Å². The number of hydrogen-bond donors (Lipinski definition) is 2. The zero-order valence-electron chi connectivity index (χ0n) is 15.4. The summed E-state index contributed by atoms with van der Waals surface area (Å²) >= 11 is 1.54. The Morgan fingerprint density at radius 2 is 1.74 bits per heavy atom. The first kappa shape index (κ1) is 17.0. The van der Waals surface area contributed by atoms with Gasteiger partial charge in [0.15, 0.2) is 0 Å². The molecule has 0 radical (unpaired) electrons. The zero-order chi connectivity index (χ0) is 18.4. The van der Waals surface area contributed by atoms with Crippen LogP contribution in [0.2, 0.25) is 0 Å². The van der Waals surface area contributed by atoms with Crippen LogP contribution in [0.3, 0.4) is 0 Å². The van der Waals surface area contributed by atoms with E-state index in [1.807, 2.05) is 18.2 Å². The summed E-state index contributed by atoms with van der Waals surface area (Å²) in [6, 6.07) is 7.01. The smallest absolute Gasteiger partial charge is 0.325 e. The average Bonchev–Trinajstić information content (AvgIpc) is 3.10.